The van der Waals surface area contributed by atoms with E-state index in [9.17, 15) is 9.90 Å². The second-order valence-electron chi connectivity index (χ2n) is 4.43. The summed E-state index contributed by atoms with van der Waals surface area (Å²) in [5.74, 6) is 0.986. The standard InChI is InChI=1S/C17H17NO4/c1-21-16-8-7-12(11-17(16)22-2)14(19)9-10-18-13-5-3-4-6-15(13)20/h3-11,18,20H,1-2H3/b10-9+. The molecule has 0 aromatic heterocycles. The van der Waals surface area contributed by atoms with Crippen molar-refractivity contribution in [2.24, 2.45) is 0 Å². The number of methoxy groups -OCH3 is 2. The summed E-state index contributed by atoms with van der Waals surface area (Å²) < 4.78 is 10.3. The van der Waals surface area contributed by atoms with Gasteiger partial charge < -0.3 is 19.9 Å². The molecule has 0 unspecified atom stereocenters. The monoisotopic (exact) mass is 299 g/mol. The van der Waals surface area contributed by atoms with Gasteiger partial charge >= 0.3 is 0 Å². The first-order chi connectivity index (χ1) is 10.7. The van der Waals surface area contributed by atoms with E-state index in [1.165, 1.54) is 26.5 Å². The van der Waals surface area contributed by atoms with Crippen LogP contribution in [0, 0.1) is 0 Å². The summed E-state index contributed by atoms with van der Waals surface area (Å²) in [6.45, 7) is 0. The van der Waals surface area contributed by atoms with Gasteiger partial charge in [-0.25, -0.2) is 0 Å². The molecule has 0 radical (unpaired) electrons. The van der Waals surface area contributed by atoms with Gasteiger partial charge in [-0.1, -0.05) is 12.1 Å². The van der Waals surface area contributed by atoms with Crippen molar-refractivity contribution >= 4 is 11.5 Å². The van der Waals surface area contributed by atoms with Gasteiger partial charge in [0.15, 0.2) is 17.3 Å². The molecule has 0 spiro atoms. The normalized spacial score (nSPS) is 10.5. The van der Waals surface area contributed by atoms with E-state index in [1.54, 1.807) is 42.5 Å². The van der Waals surface area contributed by atoms with Gasteiger partial charge in [-0.2, -0.15) is 0 Å². The lowest BCUT2D eigenvalue weighted by Crippen LogP contribution is -1.98. The lowest BCUT2D eigenvalue weighted by molar-refractivity contribution is 0.104. The van der Waals surface area contributed by atoms with Crippen LogP contribution in [0.15, 0.2) is 54.7 Å². The van der Waals surface area contributed by atoms with Crippen LogP contribution < -0.4 is 14.8 Å². The molecule has 0 bridgehead atoms. The molecular weight excluding hydrogens is 282 g/mol. The second-order valence-corrected chi connectivity index (χ2v) is 4.43. The summed E-state index contributed by atoms with van der Waals surface area (Å²) in [5.41, 5.74) is 1.01. The highest BCUT2D eigenvalue weighted by atomic mass is 16.5. The minimum absolute atomic E-state index is 0.116. The minimum atomic E-state index is -0.191. The fourth-order valence-electron chi connectivity index (χ4n) is 1.89. The third-order valence-electron chi connectivity index (χ3n) is 3.05. The smallest absolute Gasteiger partial charge is 0.187 e. The second kappa shape index (κ2) is 7.17. The van der Waals surface area contributed by atoms with Crippen molar-refractivity contribution in [1.29, 1.82) is 0 Å². The molecule has 2 rings (SSSR count). The van der Waals surface area contributed by atoms with Crippen LogP contribution in [0.2, 0.25) is 0 Å². The number of anilines is 1. The summed E-state index contributed by atoms with van der Waals surface area (Å²) >= 11 is 0. The number of rotatable bonds is 6. The average Bonchev–Trinajstić information content (AvgIpc) is 2.55. The Hall–Kier alpha value is -2.95. The Balaban J connectivity index is 2.09. The molecule has 2 aromatic rings. The average molecular weight is 299 g/mol. The van der Waals surface area contributed by atoms with Crippen molar-refractivity contribution in [2.45, 2.75) is 0 Å². The third-order valence-corrected chi connectivity index (χ3v) is 3.05. The molecule has 5 heteroatoms. The molecular formula is C17H17NO4. The van der Waals surface area contributed by atoms with Crippen LogP contribution in [0.4, 0.5) is 5.69 Å². The lowest BCUT2D eigenvalue weighted by atomic mass is 10.1. The summed E-state index contributed by atoms with van der Waals surface area (Å²) in [5, 5.41) is 12.5. The van der Waals surface area contributed by atoms with Crippen molar-refractivity contribution in [3.8, 4) is 17.2 Å². The number of aromatic hydroxyl groups is 1. The molecule has 2 aromatic carbocycles. The molecule has 0 saturated heterocycles. The number of phenolic OH excluding ortho intramolecular Hbond substituents is 1. The van der Waals surface area contributed by atoms with Crippen LogP contribution in [0.3, 0.4) is 0 Å². The first-order valence-corrected chi connectivity index (χ1v) is 6.63. The van der Waals surface area contributed by atoms with Gasteiger partial charge in [0.1, 0.15) is 5.75 Å². The Morgan fingerprint density at radius 1 is 1.09 bits per heavy atom. The number of ketones is 1. The molecule has 0 saturated carbocycles. The van der Waals surface area contributed by atoms with E-state index in [1.807, 2.05) is 0 Å². The highest BCUT2D eigenvalue weighted by Gasteiger charge is 2.08. The highest BCUT2D eigenvalue weighted by Crippen LogP contribution is 2.27. The minimum Gasteiger partial charge on any atom is -0.506 e. The van der Waals surface area contributed by atoms with Crippen LogP contribution in [-0.2, 0) is 0 Å². The topological polar surface area (TPSA) is 67.8 Å². The summed E-state index contributed by atoms with van der Waals surface area (Å²) in [4.78, 5) is 12.1. The summed E-state index contributed by atoms with van der Waals surface area (Å²) in [6, 6.07) is 11.7. The van der Waals surface area contributed by atoms with Gasteiger partial charge in [0.05, 0.1) is 19.9 Å². The van der Waals surface area contributed by atoms with Crippen molar-refractivity contribution < 1.29 is 19.4 Å². The van der Waals surface area contributed by atoms with Gasteiger partial charge in [0, 0.05) is 17.8 Å². The molecule has 0 amide bonds. The number of allylic oxidation sites excluding steroid dienone is 1. The van der Waals surface area contributed by atoms with Crippen LogP contribution in [0.5, 0.6) is 17.2 Å². The number of nitrogens with one attached hydrogen (secondary N) is 1. The zero-order valence-corrected chi connectivity index (χ0v) is 12.4. The predicted molar refractivity (Wildman–Crippen MR) is 84.7 cm³/mol. The van der Waals surface area contributed by atoms with Gasteiger partial charge in [0.2, 0.25) is 0 Å². The quantitative estimate of drug-likeness (QED) is 0.487. The highest BCUT2D eigenvalue weighted by molar-refractivity contribution is 6.05. The number of carbonyl (C=O) groups excluding carboxylic acids is 1. The molecule has 0 aliphatic rings. The van der Waals surface area contributed by atoms with Crippen LogP contribution >= 0.6 is 0 Å². The number of benzene rings is 2. The Labute approximate surface area is 128 Å². The predicted octanol–water partition coefficient (Wildman–Crippen LogP) is 3.22. The zero-order chi connectivity index (χ0) is 15.9. The third kappa shape index (κ3) is 3.58. The van der Waals surface area contributed by atoms with Gasteiger partial charge in [-0.3, -0.25) is 4.79 Å². The van der Waals surface area contributed by atoms with Gasteiger partial charge in [-0.05, 0) is 30.3 Å². The number of phenols is 1. The molecule has 22 heavy (non-hydrogen) atoms. The van der Waals surface area contributed by atoms with E-state index >= 15 is 0 Å². The maximum atomic E-state index is 12.1. The maximum absolute atomic E-state index is 12.1. The van der Waals surface area contributed by atoms with E-state index in [4.69, 9.17) is 9.47 Å². The number of para-hydroxylation sites is 2. The van der Waals surface area contributed by atoms with Gasteiger partial charge in [0.25, 0.3) is 0 Å². The van der Waals surface area contributed by atoms with Crippen LogP contribution in [0.25, 0.3) is 0 Å². The molecule has 2 N–H and O–H groups in total. The summed E-state index contributed by atoms with van der Waals surface area (Å²) in [6.07, 6.45) is 2.86. The van der Waals surface area contributed by atoms with E-state index in [2.05, 4.69) is 5.32 Å². The molecule has 0 fully saturated rings. The maximum Gasteiger partial charge on any atom is 0.187 e. The zero-order valence-electron chi connectivity index (χ0n) is 12.4. The molecule has 114 valence electrons. The van der Waals surface area contributed by atoms with Crippen molar-refractivity contribution in [2.75, 3.05) is 19.5 Å². The molecule has 0 aliphatic heterocycles. The number of carbonyl (C=O) groups is 1. The Morgan fingerprint density at radius 3 is 2.50 bits per heavy atom. The van der Waals surface area contributed by atoms with E-state index in [0.717, 1.165) is 0 Å². The number of ether oxygens (including phenoxy) is 2. The molecule has 0 atom stereocenters. The fourth-order valence-corrected chi connectivity index (χ4v) is 1.89. The molecule has 0 heterocycles. The van der Waals surface area contributed by atoms with Crippen molar-refractivity contribution in [1.82, 2.24) is 0 Å². The van der Waals surface area contributed by atoms with E-state index in [0.29, 0.717) is 22.7 Å². The summed E-state index contributed by atoms with van der Waals surface area (Å²) in [7, 11) is 3.05. The van der Waals surface area contributed by atoms with E-state index in [-0.39, 0.29) is 11.5 Å². The van der Waals surface area contributed by atoms with Crippen LogP contribution in [0.1, 0.15) is 10.4 Å². The Morgan fingerprint density at radius 2 is 1.82 bits per heavy atom. The molecule has 5 nitrogen and oxygen atoms in total. The molecule has 0 aliphatic carbocycles. The van der Waals surface area contributed by atoms with Gasteiger partial charge in [-0.15, -0.1) is 0 Å². The van der Waals surface area contributed by atoms with Crippen LogP contribution in [-0.4, -0.2) is 25.1 Å². The van der Waals surface area contributed by atoms with E-state index < -0.39 is 0 Å². The van der Waals surface area contributed by atoms with Crippen molar-refractivity contribution in [3.63, 3.8) is 0 Å². The lowest BCUT2D eigenvalue weighted by Gasteiger charge is -2.08. The number of hydrogen-bond acceptors (Lipinski definition) is 5. The first-order valence-electron chi connectivity index (χ1n) is 6.63. The Bertz CT molecular complexity index is 695. The first kappa shape index (κ1) is 15.4. The number of hydrogen-bond donors (Lipinski definition) is 2. The van der Waals surface area contributed by atoms with Crippen molar-refractivity contribution in [3.05, 3.63) is 60.3 Å². The largest absolute Gasteiger partial charge is 0.506 e. The fraction of sp³-hybridized carbons (Fsp3) is 0.118. The Kier molecular flexibility index (Phi) is 5.03. The SMILES string of the molecule is COc1ccc(C(=O)/C=C/Nc2ccccc2O)cc1OC.